The van der Waals surface area contributed by atoms with Crippen molar-refractivity contribution >= 4 is 24.4 Å². The summed E-state index contributed by atoms with van der Waals surface area (Å²) in [4.78, 5) is 0. The Balaban J connectivity index is 0.00000144. The first-order chi connectivity index (χ1) is 7.37. The number of fused-ring (bicyclic) bond motifs is 1. The summed E-state index contributed by atoms with van der Waals surface area (Å²) in [7, 11) is 0. The smallest absolute Gasteiger partial charge is 0.0522 e. The van der Waals surface area contributed by atoms with Crippen molar-refractivity contribution in [3.8, 4) is 0 Å². The number of nitrogens with two attached hydrogens (primary N) is 1. The predicted octanol–water partition coefficient (Wildman–Crippen LogP) is 3.35. The molecule has 1 atom stereocenters. The zero-order valence-electron chi connectivity index (χ0n) is 12.2. The Morgan fingerprint density at radius 2 is 1.24 bits per heavy atom. The third-order valence-corrected chi connectivity index (χ3v) is 4.48. The maximum absolute atomic E-state index is 6.31. The molecule has 1 unspecified atom stereocenters. The number of allylic oxidation sites excluding steroid dienone is 1. The van der Waals surface area contributed by atoms with Gasteiger partial charge < -0.3 is 5.73 Å². The summed E-state index contributed by atoms with van der Waals surface area (Å²) in [6, 6.07) is 0.105. The van der Waals surface area contributed by atoms with E-state index < -0.39 is 0 Å². The molecule has 2 N–H and O–H groups in total. The van der Waals surface area contributed by atoms with E-state index in [1.807, 2.05) is 0 Å². The van der Waals surface area contributed by atoms with Gasteiger partial charge in [0.15, 0.2) is 0 Å². The molecule has 0 fully saturated rings. The van der Waals surface area contributed by atoms with Crippen molar-refractivity contribution in [3.05, 3.63) is 39.0 Å². The van der Waals surface area contributed by atoms with Crippen molar-refractivity contribution in [3.63, 3.8) is 0 Å². The van der Waals surface area contributed by atoms with Crippen molar-refractivity contribution in [2.75, 3.05) is 0 Å². The van der Waals surface area contributed by atoms with Gasteiger partial charge in [-0.15, -0.1) is 0 Å². The standard InChI is InChI=1S/C15H21N.Li/c1-7-8(2)10(4)14-13(9(7)3)11(5)12(6)15(14)16;/h15H,16H2,1-6H3;. The van der Waals surface area contributed by atoms with Gasteiger partial charge in [0.1, 0.15) is 0 Å². The molecule has 1 aliphatic carbocycles. The predicted molar refractivity (Wildman–Crippen MR) is 76.3 cm³/mol. The topological polar surface area (TPSA) is 26.0 Å². The van der Waals surface area contributed by atoms with E-state index in [1.54, 1.807) is 0 Å². The SMILES string of the molecule is CC1=C(C)C(N)c2c(C)c(C)c(C)c(C)c21.[Li]. The molecule has 17 heavy (non-hydrogen) atoms. The minimum atomic E-state index is 0. The van der Waals surface area contributed by atoms with Crippen molar-refractivity contribution < 1.29 is 0 Å². The maximum atomic E-state index is 6.31. The van der Waals surface area contributed by atoms with Crippen LogP contribution >= 0.6 is 0 Å². The van der Waals surface area contributed by atoms with Crippen LogP contribution in [0.1, 0.15) is 53.3 Å². The van der Waals surface area contributed by atoms with Crippen LogP contribution in [0.3, 0.4) is 0 Å². The molecule has 0 bridgehead atoms. The maximum Gasteiger partial charge on any atom is 0.0522 e. The molecule has 0 saturated carbocycles. The van der Waals surface area contributed by atoms with Gasteiger partial charge in [0.25, 0.3) is 0 Å². The average molecular weight is 222 g/mol. The molecule has 1 aliphatic rings. The van der Waals surface area contributed by atoms with Crippen molar-refractivity contribution in [1.82, 2.24) is 0 Å². The Labute approximate surface area is 117 Å². The monoisotopic (exact) mass is 222 g/mol. The summed E-state index contributed by atoms with van der Waals surface area (Å²) in [5, 5.41) is 0. The van der Waals surface area contributed by atoms with Gasteiger partial charge in [-0.25, -0.2) is 0 Å². The van der Waals surface area contributed by atoms with E-state index in [-0.39, 0.29) is 24.9 Å². The molecule has 2 rings (SSSR count). The average Bonchev–Trinajstić information content (AvgIpc) is 2.48. The van der Waals surface area contributed by atoms with Gasteiger partial charge in [-0.1, -0.05) is 0 Å². The molecule has 0 aliphatic heterocycles. The molecule has 1 aromatic rings. The Kier molecular flexibility index (Phi) is 3.99. The van der Waals surface area contributed by atoms with E-state index in [4.69, 9.17) is 5.73 Å². The van der Waals surface area contributed by atoms with Crippen LogP contribution in [0.2, 0.25) is 0 Å². The zero-order chi connectivity index (χ0) is 12.2. The fourth-order valence-electron chi connectivity index (χ4n) is 2.86. The van der Waals surface area contributed by atoms with Crippen LogP contribution in [0.25, 0.3) is 5.57 Å². The number of benzene rings is 1. The van der Waals surface area contributed by atoms with Gasteiger partial charge >= 0.3 is 0 Å². The van der Waals surface area contributed by atoms with Gasteiger partial charge in [-0.2, -0.15) is 0 Å². The quantitative estimate of drug-likeness (QED) is 0.669. The molecule has 87 valence electrons. The normalized spacial score (nSPS) is 18.2. The molecule has 0 spiro atoms. The largest absolute Gasteiger partial charge is 0.321 e. The summed E-state index contributed by atoms with van der Waals surface area (Å²) >= 11 is 0. The van der Waals surface area contributed by atoms with Gasteiger partial charge in [-0.05, 0) is 86.1 Å². The molecule has 1 nitrogen and oxygen atoms in total. The zero-order valence-corrected chi connectivity index (χ0v) is 12.2. The molecule has 0 saturated heterocycles. The van der Waals surface area contributed by atoms with E-state index in [2.05, 4.69) is 41.5 Å². The molecule has 1 radical (unpaired) electrons. The minimum absolute atomic E-state index is 0. The van der Waals surface area contributed by atoms with Crippen LogP contribution in [0.4, 0.5) is 0 Å². The second-order valence-corrected chi connectivity index (χ2v) is 5.07. The molecular formula is C15H21LiN. The fourth-order valence-corrected chi connectivity index (χ4v) is 2.86. The molecule has 0 amide bonds. The third kappa shape index (κ3) is 1.82. The van der Waals surface area contributed by atoms with Crippen LogP contribution in [-0.4, -0.2) is 18.9 Å². The molecule has 1 aromatic carbocycles. The van der Waals surface area contributed by atoms with E-state index in [9.17, 15) is 0 Å². The Hall–Kier alpha value is -0.483. The van der Waals surface area contributed by atoms with E-state index in [0.29, 0.717) is 0 Å². The van der Waals surface area contributed by atoms with Crippen LogP contribution < -0.4 is 5.73 Å². The van der Waals surface area contributed by atoms with E-state index in [1.165, 1.54) is 44.5 Å². The van der Waals surface area contributed by atoms with Crippen LogP contribution in [0.15, 0.2) is 5.57 Å². The minimum Gasteiger partial charge on any atom is -0.321 e. The van der Waals surface area contributed by atoms with Crippen LogP contribution in [0, 0.1) is 27.7 Å². The first-order valence-corrected chi connectivity index (χ1v) is 5.91. The summed E-state index contributed by atoms with van der Waals surface area (Å²) in [6.07, 6.45) is 0. The third-order valence-electron chi connectivity index (χ3n) is 4.48. The van der Waals surface area contributed by atoms with Crippen molar-refractivity contribution in [1.29, 1.82) is 0 Å². The van der Waals surface area contributed by atoms with Crippen LogP contribution in [0.5, 0.6) is 0 Å². The van der Waals surface area contributed by atoms with Gasteiger partial charge in [-0.3, -0.25) is 0 Å². The number of hydrogen-bond donors (Lipinski definition) is 1. The number of rotatable bonds is 0. The second kappa shape index (κ2) is 4.65. The fraction of sp³-hybridized carbons (Fsp3) is 0.467. The first kappa shape index (κ1) is 14.6. The van der Waals surface area contributed by atoms with Gasteiger partial charge in [0.2, 0.25) is 0 Å². The summed E-state index contributed by atoms with van der Waals surface area (Å²) in [5.41, 5.74) is 17.4. The molecule has 2 heteroatoms. The second-order valence-electron chi connectivity index (χ2n) is 5.07. The Morgan fingerprint density at radius 3 is 1.76 bits per heavy atom. The summed E-state index contributed by atoms with van der Waals surface area (Å²) in [5.74, 6) is 0. The van der Waals surface area contributed by atoms with Gasteiger partial charge in [0.05, 0.1) is 6.04 Å². The molecular weight excluding hydrogens is 201 g/mol. The summed E-state index contributed by atoms with van der Waals surface area (Å²) in [6.45, 7) is 13.2. The Bertz CT molecular complexity index is 512. The first-order valence-electron chi connectivity index (χ1n) is 5.91. The number of hydrogen-bond acceptors (Lipinski definition) is 1. The molecule has 0 heterocycles. The summed E-state index contributed by atoms with van der Waals surface area (Å²) < 4.78 is 0. The van der Waals surface area contributed by atoms with Crippen molar-refractivity contribution in [2.45, 2.75) is 47.6 Å². The van der Waals surface area contributed by atoms with Crippen molar-refractivity contribution in [2.24, 2.45) is 5.73 Å². The van der Waals surface area contributed by atoms with E-state index in [0.717, 1.165) is 0 Å². The van der Waals surface area contributed by atoms with Crippen LogP contribution in [-0.2, 0) is 0 Å². The molecule has 0 aromatic heterocycles. The van der Waals surface area contributed by atoms with E-state index >= 15 is 0 Å². The Morgan fingerprint density at radius 1 is 0.765 bits per heavy atom. The van der Waals surface area contributed by atoms with Gasteiger partial charge in [0, 0.05) is 18.9 Å².